The Labute approximate surface area is 176 Å². The third kappa shape index (κ3) is 5.59. The highest BCUT2D eigenvalue weighted by Crippen LogP contribution is 2.19. The Hall–Kier alpha value is -2.32. The molecule has 0 atom stereocenters. The van der Waals surface area contributed by atoms with E-state index in [1.165, 1.54) is 17.3 Å². The maximum absolute atomic E-state index is 12.2. The Morgan fingerprint density at radius 2 is 1.86 bits per heavy atom. The zero-order chi connectivity index (χ0) is 19.9. The Balaban J connectivity index is 1.50. The summed E-state index contributed by atoms with van der Waals surface area (Å²) in [4.78, 5) is 12.2. The molecule has 0 aliphatic carbocycles. The first kappa shape index (κ1) is 20.4. The molecule has 28 heavy (non-hydrogen) atoms. The van der Waals surface area contributed by atoms with E-state index >= 15 is 0 Å². The van der Waals surface area contributed by atoms with Crippen molar-refractivity contribution in [1.82, 2.24) is 14.8 Å². The van der Waals surface area contributed by atoms with E-state index in [0.29, 0.717) is 17.6 Å². The van der Waals surface area contributed by atoms with E-state index in [1.54, 1.807) is 0 Å². The van der Waals surface area contributed by atoms with E-state index in [1.807, 2.05) is 60.1 Å². The van der Waals surface area contributed by atoms with Crippen molar-refractivity contribution in [3.63, 3.8) is 0 Å². The third-order valence-electron chi connectivity index (χ3n) is 4.08. The van der Waals surface area contributed by atoms with Crippen molar-refractivity contribution in [2.24, 2.45) is 7.05 Å². The topological polar surface area (TPSA) is 69.0 Å². The molecule has 1 N–H and O–H groups in total. The molecule has 8 heteroatoms. The standard InChI is InChI=1S/C20H21BrN4O2S/c1-3-14-4-8-16(9-5-14)22-19(26)13-28-20-24-23-18(25(20)2)12-27-17-10-6-15(21)7-11-17/h4-11H,3,12-13H2,1-2H3,(H,22,26). The molecule has 3 rings (SSSR count). The van der Waals surface area contributed by atoms with Crippen LogP contribution in [0.25, 0.3) is 0 Å². The van der Waals surface area contributed by atoms with Gasteiger partial charge in [-0.1, -0.05) is 46.7 Å². The minimum absolute atomic E-state index is 0.0788. The van der Waals surface area contributed by atoms with E-state index in [4.69, 9.17) is 4.74 Å². The molecule has 0 unspecified atom stereocenters. The average Bonchev–Trinajstić information content (AvgIpc) is 3.06. The number of nitrogens with one attached hydrogen (secondary N) is 1. The van der Waals surface area contributed by atoms with Crippen LogP contribution in [-0.2, 0) is 24.9 Å². The van der Waals surface area contributed by atoms with Crippen LogP contribution in [0.5, 0.6) is 5.75 Å². The van der Waals surface area contributed by atoms with Crippen molar-refractivity contribution in [3.05, 3.63) is 64.4 Å². The molecule has 2 aromatic carbocycles. The predicted octanol–water partition coefficient (Wildman–Crippen LogP) is 4.45. The number of halogens is 1. The van der Waals surface area contributed by atoms with Gasteiger partial charge >= 0.3 is 0 Å². The van der Waals surface area contributed by atoms with Gasteiger partial charge in [0.2, 0.25) is 5.91 Å². The zero-order valence-corrected chi connectivity index (χ0v) is 18.1. The molecule has 0 radical (unpaired) electrons. The molecular weight excluding hydrogens is 440 g/mol. The van der Waals surface area contributed by atoms with Crippen LogP contribution in [0.15, 0.2) is 58.2 Å². The largest absolute Gasteiger partial charge is 0.486 e. The fourth-order valence-electron chi connectivity index (χ4n) is 2.43. The second kappa shape index (κ2) is 9.75. The number of benzene rings is 2. The summed E-state index contributed by atoms with van der Waals surface area (Å²) >= 11 is 4.74. The molecule has 0 saturated carbocycles. The predicted molar refractivity (Wildman–Crippen MR) is 115 cm³/mol. The highest BCUT2D eigenvalue weighted by molar-refractivity contribution is 9.10. The summed E-state index contributed by atoms with van der Waals surface area (Å²) in [5, 5.41) is 11.9. The monoisotopic (exact) mass is 460 g/mol. The minimum Gasteiger partial charge on any atom is -0.486 e. The molecule has 1 amide bonds. The molecule has 0 aliphatic heterocycles. The van der Waals surface area contributed by atoms with Crippen molar-refractivity contribution in [2.75, 3.05) is 11.1 Å². The molecular formula is C20H21BrN4O2S. The van der Waals surface area contributed by atoms with Crippen LogP contribution in [0.4, 0.5) is 5.69 Å². The normalized spacial score (nSPS) is 10.7. The van der Waals surface area contributed by atoms with Gasteiger partial charge in [-0.05, 0) is 48.4 Å². The third-order valence-corrected chi connectivity index (χ3v) is 5.63. The maximum Gasteiger partial charge on any atom is 0.234 e. The SMILES string of the molecule is CCc1ccc(NC(=O)CSc2nnc(COc3ccc(Br)cc3)n2C)cc1. The summed E-state index contributed by atoms with van der Waals surface area (Å²) in [6, 6.07) is 15.5. The molecule has 0 aliphatic rings. The van der Waals surface area contributed by atoms with Crippen LogP contribution in [0.1, 0.15) is 18.3 Å². The molecule has 1 aromatic heterocycles. The lowest BCUT2D eigenvalue weighted by molar-refractivity contribution is -0.113. The summed E-state index contributed by atoms with van der Waals surface area (Å²) in [7, 11) is 1.87. The van der Waals surface area contributed by atoms with Gasteiger partial charge in [-0.2, -0.15) is 0 Å². The van der Waals surface area contributed by atoms with Crippen molar-refractivity contribution >= 4 is 39.3 Å². The molecule has 3 aromatic rings. The Morgan fingerprint density at radius 3 is 2.54 bits per heavy atom. The van der Waals surface area contributed by atoms with E-state index in [-0.39, 0.29) is 11.7 Å². The van der Waals surface area contributed by atoms with Crippen LogP contribution in [0, 0.1) is 0 Å². The van der Waals surface area contributed by atoms with Crippen LogP contribution >= 0.6 is 27.7 Å². The quantitative estimate of drug-likeness (QED) is 0.502. The number of aromatic nitrogens is 3. The average molecular weight is 461 g/mol. The van der Waals surface area contributed by atoms with Gasteiger partial charge in [0.1, 0.15) is 12.4 Å². The maximum atomic E-state index is 12.2. The number of rotatable bonds is 8. The second-order valence-corrected chi connectivity index (χ2v) is 7.95. The van der Waals surface area contributed by atoms with Crippen molar-refractivity contribution in [3.8, 4) is 5.75 Å². The Bertz CT molecular complexity index is 926. The van der Waals surface area contributed by atoms with E-state index in [9.17, 15) is 4.79 Å². The summed E-state index contributed by atoms with van der Waals surface area (Å²) in [5.74, 6) is 1.63. The van der Waals surface area contributed by atoms with Crippen LogP contribution in [0.2, 0.25) is 0 Å². The molecule has 146 valence electrons. The number of carbonyl (C=O) groups excluding carboxylic acids is 1. The van der Waals surface area contributed by atoms with Gasteiger partial charge in [0.15, 0.2) is 11.0 Å². The lowest BCUT2D eigenvalue weighted by Gasteiger charge is -2.07. The number of hydrogen-bond acceptors (Lipinski definition) is 5. The first-order chi connectivity index (χ1) is 13.5. The van der Waals surface area contributed by atoms with E-state index < -0.39 is 0 Å². The number of hydrogen-bond donors (Lipinski definition) is 1. The van der Waals surface area contributed by atoms with Gasteiger partial charge < -0.3 is 14.6 Å². The van der Waals surface area contributed by atoms with Crippen molar-refractivity contribution in [1.29, 1.82) is 0 Å². The number of nitrogens with zero attached hydrogens (tertiary/aromatic N) is 3. The van der Waals surface area contributed by atoms with Crippen LogP contribution < -0.4 is 10.1 Å². The first-order valence-electron chi connectivity index (χ1n) is 8.83. The number of carbonyl (C=O) groups is 1. The van der Waals surface area contributed by atoms with Gasteiger partial charge in [0, 0.05) is 17.2 Å². The van der Waals surface area contributed by atoms with Crippen molar-refractivity contribution < 1.29 is 9.53 Å². The van der Waals surface area contributed by atoms with Gasteiger partial charge in [-0.15, -0.1) is 10.2 Å². The molecule has 0 fully saturated rings. The van der Waals surface area contributed by atoms with Gasteiger partial charge in [0.25, 0.3) is 0 Å². The smallest absolute Gasteiger partial charge is 0.234 e. The number of aryl methyl sites for hydroxylation is 1. The summed E-state index contributed by atoms with van der Waals surface area (Å²) in [6.45, 7) is 2.41. The lowest BCUT2D eigenvalue weighted by Crippen LogP contribution is -2.14. The van der Waals surface area contributed by atoms with Crippen LogP contribution in [-0.4, -0.2) is 26.4 Å². The highest BCUT2D eigenvalue weighted by Gasteiger charge is 2.12. The van der Waals surface area contributed by atoms with Gasteiger partial charge in [-0.25, -0.2) is 0 Å². The fraction of sp³-hybridized carbons (Fsp3) is 0.250. The first-order valence-corrected chi connectivity index (χ1v) is 10.6. The molecule has 6 nitrogen and oxygen atoms in total. The number of thioether (sulfide) groups is 1. The number of anilines is 1. The summed E-state index contributed by atoms with van der Waals surface area (Å²) < 4.78 is 8.57. The van der Waals surface area contributed by atoms with E-state index in [2.05, 4.69) is 38.4 Å². The molecule has 0 bridgehead atoms. The molecule has 0 saturated heterocycles. The zero-order valence-electron chi connectivity index (χ0n) is 15.7. The minimum atomic E-state index is -0.0788. The highest BCUT2D eigenvalue weighted by atomic mass is 79.9. The second-order valence-electron chi connectivity index (χ2n) is 6.09. The summed E-state index contributed by atoms with van der Waals surface area (Å²) in [6.07, 6.45) is 0.976. The Morgan fingerprint density at radius 1 is 1.14 bits per heavy atom. The van der Waals surface area contributed by atoms with Gasteiger partial charge in [0.05, 0.1) is 5.75 Å². The lowest BCUT2D eigenvalue weighted by atomic mass is 10.1. The fourth-order valence-corrected chi connectivity index (χ4v) is 3.42. The summed E-state index contributed by atoms with van der Waals surface area (Å²) in [5.41, 5.74) is 2.04. The van der Waals surface area contributed by atoms with Crippen molar-refractivity contribution in [2.45, 2.75) is 25.1 Å². The number of amides is 1. The number of ether oxygens (including phenoxy) is 1. The van der Waals surface area contributed by atoms with E-state index in [0.717, 1.165) is 22.3 Å². The molecule has 1 heterocycles. The molecule has 0 spiro atoms. The van der Waals surface area contributed by atoms with Gasteiger partial charge in [-0.3, -0.25) is 4.79 Å². The van der Waals surface area contributed by atoms with Crippen LogP contribution in [0.3, 0.4) is 0 Å². The Kier molecular flexibility index (Phi) is 7.11.